The fourth-order valence-electron chi connectivity index (χ4n) is 2.22. The lowest BCUT2D eigenvalue weighted by atomic mass is 10.0. The molecule has 0 bridgehead atoms. The average Bonchev–Trinajstić information content (AvgIpc) is 3.09. The standard InChI is InChI=1S/C18H13ClO5S2/c1-23-13-7-8-14(18(20)12-5-3-2-4-6-12)15(11-13)24-26(21,22)17-10-9-16(19)25-17/h2-11H,1H3. The number of ether oxygens (including phenoxy) is 1. The van der Waals surface area contributed by atoms with Gasteiger partial charge in [0.25, 0.3) is 0 Å². The largest absolute Gasteiger partial charge is 0.497 e. The first-order valence-electron chi connectivity index (χ1n) is 7.38. The molecule has 0 fully saturated rings. The Morgan fingerprint density at radius 1 is 1.04 bits per heavy atom. The molecule has 134 valence electrons. The fourth-order valence-corrected chi connectivity index (χ4v) is 4.61. The summed E-state index contributed by atoms with van der Waals surface area (Å²) in [5.74, 6) is -0.102. The summed E-state index contributed by atoms with van der Waals surface area (Å²) in [6.07, 6.45) is 0. The van der Waals surface area contributed by atoms with Crippen LogP contribution < -0.4 is 8.92 Å². The summed E-state index contributed by atoms with van der Waals surface area (Å²) < 4.78 is 35.6. The zero-order valence-corrected chi connectivity index (χ0v) is 15.9. The maximum atomic E-state index is 12.8. The van der Waals surface area contributed by atoms with Crippen LogP contribution in [0.1, 0.15) is 15.9 Å². The first-order chi connectivity index (χ1) is 12.4. The van der Waals surface area contributed by atoms with Crippen LogP contribution in [0.2, 0.25) is 4.34 Å². The maximum Gasteiger partial charge on any atom is 0.348 e. The van der Waals surface area contributed by atoms with E-state index in [0.717, 1.165) is 11.3 Å². The zero-order chi connectivity index (χ0) is 18.7. The summed E-state index contributed by atoms with van der Waals surface area (Å²) in [5.41, 5.74) is 0.530. The number of halogens is 1. The van der Waals surface area contributed by atoms with Gasteiger partial charge in [-0.25, -0.2) is 0 Å². The molecule has 26 heavy (non-hydrogen) atoms. The Morgan fingerprint density at radius 3 is 2.38 bits per heavy atom. The summed E-state index contributed by atoms with van der Waals surface area (Å²) in [4.78, 5) is 12.8. The number of benzene rings is 2. The summed E-state index contributed by atoms with van der Waals surface area (Å²) >= 11 is 6.67. The average molecular weight is 409 g/mol. The molecule has 0 aliphatic rings. The van der Waals surface area contributed by atoms with Gasteiger partial charge in [-0.1, -0.05) is 41.9 Å². The second-order valence-electron chi connectivity index (χ2n) is 5.15. The number of ketones is 1. The van der Waals surface area contributed by atoms with E-state index in [1.165, 1.54) is 31.4 Å². The van der Waals surface area contributed by atoms with E-state index in [-0.39, 0.29) is 21.3 Å². The summed E-state index contributed by atoms with van der Waals surface area (Å²) in [6.45, 7) is 0. The molecule has 3 rings (SSSR count). The van der Waals surface area contributed by atoms with Crippen LogP contribution in [-0.2, 0) is 10.1 Å². The van der Waals surface area contributed by atoms with E-state index in [1.807, 2.05) is 0 Å². The summed E-state index contributed by atoms with van der Waals surface area (Å²) in [5, 5.41) is 0. The second kappa shape index (κ2) is 7.49. The van der Waals surface area contributed by atoms with Crippen molar-refractivity contribution in [3.8, 4) is 11.5 Å². The third-order valence-electron chi connectivity index (χ3n) is 3.46. The molecule has 1 aromatic heterocycles. The number of carbonyl (C=O) groups excluding carboxylic acids is 1. The van der Waals surface area contributed by atoms with E-state index < -0.39 is 10.1 Å². The van der Waals surface area contributed by atoms with Crippen LogP contribution in [-0.4, -0.2) is 21.3 Å². The first kappa shape index (κ1) is 18.4. The molecule has 5 nitrogen and oxygen atoms in total. The number of methoxy groups -OCH3 is 1. The van der Waals surface area contributed by atoms with E-state index in [2.05, 4.69) is 0 Å². The third-order valence-corrected chi connectivity index (χ3v) is 6.38. The number of hydrogen-bond donors (Lipinski definition) is 0. The zero-order valence-electron chi connectivity index (χ0n) is 13.5. The monoisotopic (exact) mass is 408 g/mol. The van der Waals surface area contributed by atoms with Crippen molar-refractivity contribution in [2.24, 2.45) is 0 Å². The molecular weight excluding hydrogens is 396 g/mol. The SMILES string of the molecule is COc1ccc(C(=O)c2ccccc2)c(OS(=O)(=O)c2ccc(Cl)s2)c1. The third kappa shape index (κ3) is 3.90. The van der Waals surface area contributed by atoms with Gasteiger partial charge in [-0.05, 0) is 24.3 Å². The van der Waals surface area contributed by atoms with E-state index in [9.17, 15) is 13.2 Å². The van der Waals surface area contributed by atoms with Gasteiger partial charge in [-0.3, -0.25) is 4.79 Å². The molecule has 8 heteroatoms. The van der Waals surface area contributed by atoms with E-state index in [1.54, 1.807) is 36.4 Å². The number of carbonyl (C=O) groups is 1. The minimum absolute atomic E-state index is 0.0524. The molecular formula is C18H13ClO5S2. The number of thiophene rings is 1. The smallest absolute Gasteiger partial charge is 0.348 e. The predicted molar refractivity (Wildman–Crippen MR) is 100 cm³/mol. The molecule has 0 atom stereocenters. The van der Waals surface area contributed by atoms with E-state index >= 15 is 0 Å². The van der Waals surface area contributed by atoms with Gasteiger partial charge in [0.15, 0.2) is 15.7 Å². The van der Waals surface area contributed by atoms with Crippen molar-refractivity contribution in [1.82, 2.24) is 0 Å². The quantitative estimate of drug-likeness (QED) is 0.446. The summed E-state index contributed by atoms with van der Waals surface area (Å²) in [7, 11) is -2.69. The minimum Gasteiger partial charge on any atom is -0.497 e. The van der Waals surface area contributed by atoms with E-state index in [4.69, 9.17) is 20.5 Å². The lowest BCUT2D eigenvalue weighted by Gasteiger charge is -2.12. The molecule has 3 aromatic rings. The van der Waals surface area contributed by atoms with Crippen LogP contribution in [0.5, 0.6) is 11.5 Å². The van der Waals surface area contributed by atoms with Crippen LogP contribution in [0.15, 0.2) is 64.9 Å². The van der Waals surface area contributed by atoms with Crippen LogP contribution in [0.3, 0.4) is 0 Å². The molecule has 0 radical (unpaired) electrons. The van der Waals surface area contributed by atoms with Gasteiger partial charge in [0.05, 0.1) is 17.0 Å². The van der Waals surface area contributed by atoms with Gasteiger partial charge in [0, 0.05) is 11.6 Å². The highest BCUT2D eigenvalue weighted by molar-refractivity contribution is 7.89. The van der Waals surface area contributed by atoms with Gasteiger partial charge in [0.1, 0.15) is 5.75 Å². The second-order valence-corrected chi connectivity index (χ2v) is 8.64. The van der Waals surface area contributed by atoms with Crippen molar-refractivity contribution in [3.63, 3.8) is 0 Å². The summed E-state index contributed by atoms with van der Waals surface area (Å²) in [6, 6.07) is 15.7. The molecule has 0 unspecified atom stereocenters. The molecule has 2 aromatic carbocycles. The Kier molecular flexibility index (Phi) is 5.31. The van der Waals surface area contributed by atoms with Gasteiger partial charge < -0.3 is 8.92 Å². The van der Waals surface area contributed by atoms with Crippen molar-refractivity contribution in [2.75, 3.05) is 7.11 Å². The number of rotatable bonds is 6. The van der Waals surface area contributed by atoms with Crippen LogP contribution in [0.25, 0.3) is 0 Å². The Balaban J connectivity index is 2.04. The van der Waals surface area contributed by atoms with Crippen LogP contribution in [0.4, 0.5) is 0 Å². The molecule has 0 spiro atoms. The van der Waals surface area contributed by atoms with E-state index in [0.29, 0.717) is 15.6 Å². The van der Waals surface area contributed by atoms with Crippen LogP contribution in [0, 0.1) is 0 Å². The van der Waals surface area contributed by atoms with Crippen molar-refractivity contribution in [2.45, 2.75) is 4.21 Å². The number of hydrogen-bond acceptors (Lipinski definition) is 6. The Labute approximate surface area is 159 Å². The van der Waals surface area contributed by atoms with Gasteiger partial charge in [-0.2, -0.15) is 8.42 Å². The molecule has 0 saturated carbocycles. The lowest BCUT2D eigenvalue weighted by molar-refractivity contribution is 0.103. The van der Waals surface area contributed by atoms with Gasteiger partial charge >= 0.3 is 10.1 Å². The fraction of sp³-hybridized carbons (Fsp3) is 0.0556. The van der Waals surface area contributed by atoms with Gasteiger partial charge in [0.2, 0.25) is 0 Å². The normalized spacial score (nSPS) is 11.2. The molecule has 0 amide bonds. The van der Waals surface area contributed by atoms with Crippen molar-refractivity contribution in [3.05, 3.63) is 76.1 Å². The molecule has 0 saturated heterocycles. The topological polar surface area (TPSA) is 69.7 Å². The molecule has 0 aliphatic carbocycles. The Morgan fingerprint density at radius 2 is 1.77 bits per heavy atom. The highest BCUT2D eigenvalue weighted by Gasteiger charge is 2.24. The molecule has 1 heterocycles. The highest BCUT2D eigenvalue weighted by atomic mass is 35.5. The van der Waals surface area contributed by atoms with Crippen molar-refractivity contribution >= 4 is 38.8 Å². The maximum absolute atomic E-state index is 12.8. The Hall–Kier alpha value is -2.35. The lowest BCUT2D eigenvalue weighted by Crippen LogP contribution is -2.12. The van der Waals surface area contributed by atoms with Gasteiger partial charge in [-0.15, -0.1) is 11.3 Å². The highest BCUT2D eigenvalue weighted by Crippen LogP contribution is 2.32. The molecule has 0 N–H and O–H groups in total. The predicted octanol–water partition coefficient (Wildman–Crippen LogP) is 4.41. The minimum atomic E-state index is -4.13. The van der Waals surface area contributed by atoms with Crippen molar-refractivity contribution in [1.29, 1.82) is 0 Å². The van der Waals surface area contributed by atoms with Crippen molar-refractivity contribution < 1.29 is 22.1 Å². The Bertz CT molecular complexity index is 1040. The van der Waals surface area contributed by atoms with Crippen LogP contribution >= 0.6 is 22.9 Å². The molecule has 0 aliphatic heterocycles. The first-order valence-corrected chi connectivity index (χ1v) is 9.98.